The minimum atomic E-state index is -3.91. The largest absolute Gasteiger partial charge is 0.494 e. The van der Waals surface area contributed by atoms with E-state index in [2.05, 4.69) is 4.74 Å². The predicted octanol–water partition coefficient (Wildman–Crippen LogP) is 2.32. The highest BCUT2D eigenvalue weighted by Gasteiger charge is 2.31. The lowest BCUT2D eigenvalue weighted by Crippen LogP contribution is -2.47. The molecule has 0 aliphatic carbocycles. The highest BCUT2D eigenvalue weighted by Crippen LogP contribution is 2.34. The molecule has 0 aromatic heterocycles. The van der Waals surface area contributed by atoms with Crippen molar-refractivity contribution in [2.75, 3.05) is 33.6 Å². The molecule has 1 aliphatic rings. The van der Waals surface area contributed by atoms with E-state index in [9.17, 15) is 18.3 Å². The van der Waals surface area contributed by atoms with Crippen LogP contribution in [0.1, 0.15) is 32.3 Å². The van der Waals surface area contributed by atoms with Gasteiger partial charge >= 0.3 is 5.97 Å². The summed E-state index contributed by atoms with van der Waals surface area (Å²) in [4.78, 5) is 11.2. The molecule has 2 aromatic carbocycles. The Morgan fingerprint density at radius 3 is 2.49 bits per heavy atom. The van der Waals surface area contributed by atoms with E-state index in [-0.39, 0.29) is 36.7 Å². The van der Waals surface area contributed by atoms with E-state index >= 15 is 0 Å². The molecule has 1 heterocycles. The number of methoxy groups -OCH3 is 1. The van der Waals surface area contributed by atoms with Crippen LogP contribution in [0, 0.1) is 5.92 Å². The van der Waals surface area contributed by atoms with Crippen LogP contribution in [0.25, 0.3) is 0 Å². The van der Waals surface area contributed by atoms with Gasteiger partial charge in [0.1, 0.15) is 5.75 Å². The van der Waals surface area contributed by atoms with Crippen LogP contribution < -0.4 is 19.9 Å². The summed E-state index contributed by atoms with van der Waals surface area (Å²) in [6.45, 7) is 4.34. The molecule has 1 aliphatic heterocycles. The molecule has 3 N–H and O–H groups in total. The van der Waals surface area contributed by atoms with Crippen molar-refractivity contribution < 1.29 is 37.3 Å². The maximum absolute atomic E-state index is 13.4. The summed E-state index contributed by atoms with van der Waals surface area (Å²) in [7, 11) is -2.56. The summed E-state index contributed by atoms with van der Waals surface area (Å²) in [5.41, 5.74) is 7.16. The van der Waals surface area contributed by atoms with E-state index in [4.69, 9.17) is 19.9 Å². The number of nitrogens with two attached hydrogens (primary N) is 1. The molecule has 204 valence electrons. The number of rotatable bonds is 14. The molecule has 0 spiro atoms. The van der Waals surface area contributed by atoms with Crippen molar-refractivity contribution in [1.82, 2.24) is 4.31 Å². The number of ether oxygens (including phenoxy) is 4. The average Bonchev–Trinajstić information content (AvgIpc) is 3.34. The number of aliphatic hydroxyl groups is 1. The monoisotopic (exact) mass is 536 g/mol. The number of sulfonamides is 1. The van der Waals surface area contributed by atoms with Gasteiger partial charge in [0.05, 0.1) is 24.7 Å². The third-order valence-electron chi connectivity index (χ3n) is 5.85. The average molecular weight is 537 g/mol. The van der Waals surface area contributed by atoms with Gasteiger partial charge in [0.15, 0.2) is 11.5 Å². The zero-order valence-corrected chi connectivity index (χ0v) is 22.3. The van der Waals surface area contributed by atoms with Crippen LogP contribution in [-0.4, -0.2) is 69.5 Å². The van der Waals surface area contributed by atoms with Crippen LogP contribution in [0.4, 0.5) is 0 Å². The molecule has 2 atom stereocenters. The molecule has 0 unspecified atom stereocenters. The Labute approximate surface area is 218 Å². The molecule has 3 rings (SSSR count). The maximum Gasteiger partial charge on any atom is 0.305 e. The molecule has 0 fully saturated rings. The zero-order chi connectivity index (χ0) is 27.0. The number of hydrogen-bond acceptors (Lipinski definition) is 9. The Kier molecular flexibility index (Phi) is 10.2. The fourth-order valence-electron chi connectivity index (χ4n) is 3.85. The number of benzene rings is 2. The first-order valence-electron chi connectivity index (χ1n) is 12.2. The van der Waals surface area contributed by atoms with Crippen molar-refractivity contribution in [1.29, 1.82) is 0 Å². The van der Waals surface area contributed by atoms with Crippen LogP contribution >= 0.6 is 0 Å². The highest BCUT2D eigenvalue weighted by molar-refractivity contribution is 7.89. The lowest BCUT2D eigenvalue weighted by molar-refractivity contribution is -0.140. The van der Waals surface area contributed by atoms with E-state index in [0.717, 1.165) is 5.56 Å². The fraction of sp³-hybridized carbons (Fsp3) is 0.500. The summed E-state index contributed by atoms with van der Waals surface area (Å²) < 4.78 is 48.9. The first kappa shape index (κ1) is 28.7. The summed E-state index contributed by atoms with van der Waals surface area (Å²) >= 11 is 0. The molecule has 0 saturated carbocycles. The van der Waals surface area contributed by atoms with Gasteiger partial charge in [-0.1, -0.05) is 26.0 Å². The van der Waals surface area contributed by atoms with Gasteiger partial charge in [0, 0.05) is 31.6 Å². The number of carbonyl (C=O) groups is 1. The standard InChI is InChI=1S/C26H36N2O8S/c1-18(2)15-28(37(31,32)21-10-11-24-25(14-21)36-17-35-24)16-23(29)22(27)13-19-6-8-20(9-7-19)34-12-4-5-26(30)33-3/h6-11,14,18,22-23,29H,4-5,12-13,15-17,27H2,1-3H3/t22-,23+/m0/s1. The second-order valence-corrected chi connectivity index (χ2v) is 11.3. The Morgan fingerprint density at radius 1 is 1.11 bits per heavy atom. The van der Waals surface area contributed by atoms with Crippen LogP contribution in [0.3, 0.4) is 0 Å². The minimum Gasteiger partial charge on any atom is -0.494 e. The molecular weight excluding hydrogens is 500 g/mol. The molecule has 0 saturated heterocycles. The molecule has 2 aromatic rings. The number of fused-ring (bicyclic) bond motifs is 1. The van der Waals surface area contributed by atoms with Crippen molar-refractivity contribution in [3.8, 4) is 17.2 Å². The summed E-state index contributed by atoms with van der Waals surface area (Å²) in [6.07, 6.45) is 0.105. The smallest absolute Gasteiger partial charge is 0.305 e. The van der Waals surface area contributed by atoms with Crippen molar-refractivity contribution in [2.24, 2.45) is 11.7 Å². The van der Waals surface area contributed by atoms with E-state index in [1.807, 2.05) is 26.0 Å². The second-order valence-electron chi connectivity index (χ2n) is 9.34. The van der Waals surface area contributed by atoms with E-state index in [1.165, 1.54) is 23.5 Å². The number of esters is 1. The third-order valence-corrected chi connectivity index (χ3v) is 7.68. The SMILES string of the molecule is COC(=O)CCCOc1ccc(C[C@H](N)[C@H](O)CN(CC(C)C)S(=O)(=O)c2ccc3c(c2)OCO3)cc1. The van der Waals surface area contributed by atoms with Gasteiger partial charge in [-0.05, 0) is 48.6 Å². The van der Waals surface area contributed by atoms with E-state index in [0.29, 0.717) is 43.1 Å². The van der Waals surface area contributed by atoms with Gasteiger partial charge in [0.25, 0.3) is 0 Å². The van der Waals surface area contributed by atoms with Crippen molar-refractivity contribution >= 4 is 16.0 Å². The summed E-state index contributed by atoms with van der Waals surface area (Å²) in [6, 6.07) is 11.1. The van der Waals surface area contributed by atoms with E-state index in [1.54, 1.807) is 18.2 Å². The molecule has 10 nitrogen and oxygen atoms in total. The highest BCUT2D eigenvalue weighted by atomic mass is 32.2. The second kappa shape index (κ2) is 13.1. The van der Waals surface area contributed by atoms with Gasteiger partial charge in [0.2, 0.25) is 16.8 Å². The molecule has 0 bridgehead atoms. The Morgan fingerprint density at radius 2 is 1.81 bits per heavy atom. The van der Waals surface area contributed by atoms with E-state index < -0.39 is 22.2 Å². The van der Waals surface area contributed by atoms with Gasteiger partial charge in [-0.25, -0.2) is 8.42 Å². The van der Waals surface area contributed by atoms with Gasteiger partial charge in [-0.15, -0.1) is 0 Å². The van der Waals surface area contributed by atoms with Gasteiger partial charge in [-0.3, -0.25) is 4.79 Å². The Hall–Kier alpha value is -2.86. The Balaban J connectivity index is 1.59. The first-order chi connectivity index (χ1) is 17.6. The lowest BCUT2D eigenvalue weighted by Gasteiger charge is -2.28. The maximum atomic E-state index is 13.4. The topological polar surface area (TPSA) is 138 Å². The summed E-state index contributed by atoms with van der Waals surface area (Å²) in [5, 5.41) is 10.9. The number of aliphatic hydroxyl groups excluding tert-OH is 1. The summed E-state index contributed by atoms with van der Waals surface area (Å²) in [5.74, 6) is 1.28. The fourth-order valence-corrected chi connectivity index (χ4v) is 5.48. The van der Waals surface area contributed by atoms with Crippen LogP contribution in [0.2, 0.25) is 0 Å². The number of nitrogens with zero attached hydrogens (tertiary/aromatic N) is 1. The van der Waals surface area contributed by atoms with Crippen LogP contribution in [-0.2, 0) is 26.0 Å². The molecule has 0 amide bonds. The normalized spacial score (nSPS) is 14.6. The van der Waals surface area contributed by atoms with Gasteiger partial charge in [-0.2, -0.15) is 4.31 Å². The third kappa shape index (κ3) is 8.06. The quantitative estimate of drug-likeness (QED) is 0.275. The minimum absolute atomic E-state index is 0.0346. The van der Waals surface area contributed by atoms with Crippen molar-refractivity contribution in [2.45, 2.75) is 50.2 Å². The van der Waals surface area contributed by atoms with Crippen LogP contribution in [0.5, 0.6) is 17.2 Å². The van der Waals surface area contributed by atoms with Crippen molar-refractivity contribution in [3.63, 3.8) is 0 Å². The first-order valence-corrected chi connectivity index (χ1v) is 13.7. The Bertz CT molecular complexity index is 1140. The van der Waals surface area contributed by atoms with Crippen LogP contribution in [0.15, 0.2) is 47.4 Å². The molecular formula is C26H36N2O8S. The zero-order valence-electron chi connectivity index (χ0n) is 21.5. The molecule has 11 heteroatoms. The molecule has 37 heavy (non-hydrogen) atoms. The lowest BCUT2D eigenvalue weighted by atomic mass is 10.0. The predicted molar refractivity (Wildman–Crippen MR) is 137 cm³/mol. The number of hydrogen-bond donors (Lipinski definition) is 2. The number of carbonyl (C=O) groups excluding carboxylic acids is 1. The molecule has 0 radical (unpaired) electrons. The van der Waals surface area contributed by atoms with Gasteiger partial charge < -0.3 is 29.8 Å². The van der Waals surface area contributed by atoms with Crippen molar-refractivity contribution in [3.05, 3.63) is 48.0 Å².